The maximum absolute atomic E-state index is 12.6. The molecule has 1 aliphatic heterocycles. The molecule has 0 saturated carbocycles. The van der Waals surface area contributed by atoms with E-state index in [1.54, 1.807) is 36.7 Å². The minimum atomic E-state index is -0.447. The van der Waals surface area contributed by atoms with E-state index >= 15 is 0 Å². The molecule has 26 heavy (non-hydrogen) atoms. The third kappa shape index (κ3) is 4.14. The number of anilines is 2. The number of aromatic nitrogens is 1. The fraction of sp³-hybridized carbons (Fsp3) is 0.316. The molecule has 2 heterocycles. The van der Waals surface area contributed by atoms with E-state index in [4.69, 9.17) is 16.3 Å². The van der Waals surface area contributed by atoms with Crippen molar-refractivity contribution in [1.29, 1.82) is 0 Å². The number of hydrogen-bond acceptors (Lipinski definition) is 5. The standard InChI is InChI=1S/C19H20ClN3O3/c1-26-19(25)13-5-6-16(20)17(10-13)22-15-9-14(11-21-12-15)18(24)23-7-3-2-4-8-23/h5-6,9-12,22H,2-4,7-8H2,1H3. The molecule has 1 saturated heterocycles. The summed E-state index contributed by atoms with van der Waals surface area (Å²) in [7, 11) is 1.32. The predicted molar refractivity (Wildman–Crippen MR) is 100 cm³/mol. The normalized spacial score (nSPS) is 14.0. The van der Waals surface area contributed by atoms with Gasteiger partial charge in [-0.05, 0) is 43.5 Å². The van der Waals surface area contributed by atoms with Crippen LogP contribution in [0, 0.1) is 0 Å². The smallest absolute Gasteiger partial charge is 0.337 e. The highest BCUT2D eigenvalue weighted by Crippen LogP contribution is 2.27. The molecule has 0 spiro atoms. The zero-order valence-electron chi connectivity index (χ0n) is 14.5. The molecule has 2 aromatic rings. The molecule has 1 aromatic carbocycles. The van der Waals surface area contributed by atoms with Crippen molar-refractivity contribution in [3.8, 4) is 0 Å². The highest BCUT2D eigenvalue weighted by Gasteiger charge is 2.19. The SMILES string of the molecule is COC(=O)c1ccc(Cl)c(Nc2cncc(C(=O)N3CCCCC3)c2)c1. The number of likely N-dealkylation sites (tertiary alicyclic amines) is 1. The van der Waals surface area contributed by atoms with E-state index < -0.39 is 5.97 Å². The fourth-order valence-corrected chi connectivity index (χ4v) is 3.09. The Morgan fingerprint density at radius 2 is 1.88 bits per heavy atom. The van der Waals surface area contributed by atoms with Crippen LogP contribution in [0.1, 0.15) is 40.0 Å². The number of carbonyl (C=O) groups excluding carboxylic acids is 2. The maximum atomic E-state index is 12.6. The van der Waals surface area contributed by atoms with E-state index in [9.17, 15) is 9.59 Å². The fourth-order valence-electron chi connectivity index (χ4n) is 2.93. The summed E-state index contributed by atoms with van der Waals surface area (Å²) in [5, 5.41) is 3.57. The third-order valence-corrected chi connectivity index (χ3v) is 4.62. The van der Waals surface area contributed by atoms with E-state index in [-0.39, 0.29) is 5.91 Å². The van der Waals surface area contributed by atoms with Crippen molar-refractivity contribution in [3.63, 3.8) is 0 Å². The molecule has 7 heteroatoms. The molecule has 6 nitrogen and oxygen atoms in total. The van der Waals surface area contributed by atoms with Crippen LogP contribution < -0.4 is 5.32 Å². The number of pyridine rings is 1. The Kier molecular flexibility index (Phi) is 5.73. The van der Waals surface area contributed by atoms with Crippen molar-refractivity contribution in [2.75, 3.05) is 25.5 Å². The van der Waals surface area contributed by atoms with E-state index in [2.05, 4.69) is 10.3 Å². The topological polar surface area (TPSA) is 71.5 Å². The average Bonchev–Trinajstić information content (AvgIpc) is 2.69. The van der Waals surface area contributed by atoms with E-state index in [1.807, 2.05) is 4.90 Å². The Morgan fingerprint density at radius 1 is 1.12 bits per heavy atom. The summed E-state index contributed by atoms with van der Waals surface area (Å²) in [6, 6.07) is 6.55. The number of halogens is 1. The Labute approximate surface area is 157 Å². The van der Waals surface area contributed by atoms with Crippen molar-refractivity contribution in [2.24, 2.45) is 0 Å². The summed E-state index contributed by atoms with van der Waals surface area (Å²) in [4.78, 5) is 30.3. The zero-order valence-corrected chi connectivity index (χ0v) is 15.3. The van der Waals surface area contributed by atoms with Crippen LogP contribution in [0.2, 0.25) is 5.02 Å². The van der Waals surface area contributed by atoms with Crippen LogP contribution in [0.15, 0.2) is 36.7 Å². The van der Waals surface area contributed by atoms with Crippen molar-refractivity contribution in [1.82, 2.24) is 9.88 Å². The lowest BCUT2D eigenvalue weighted by Gasteiger charge is -2.26. The quantitative estimate of drug-likeness (QED) is 0.823. The Balaban J connectivity index is 1.80. The van der Waals surface area contributed by atoms with Crippen molar-refractivity contribution in [2.45, 2.75) is 19.3 Å². The van der Waals surface area contributed by atoms with E-state index in [1.165, 1.54) is 13.5 Å². The van der Waals surface area contributed by atoms with Gasteiger partial charge in [-0.25, -0.2) is 4.79 Å². The van der Waals surface area contributed by atoms with Crippen LogP contribution in [0.5, 0.6) is 0 Å². The third-order valence-electron chi connectivity index (χ3n) is 4.29. The second-order valence-electron chi connectivity index (χ2n) is 6.13. The van der Waals surface area contributed by atoms with Crippen molar-refractivity contribution >= 4 is 34.9 Å². The van der Waals surface area contributed by atoms with Crippen LogP contribution in [0.3, 0.4) is 0 Å². The Morgan fingerprint density at radius 3 is 2.62 bits per heavy atom. The number of nitrogens with zero attached hydrogens (tertiary/aromatic N) is 2. The minimum absolute atomic E-state index is 0.0183. The maximum Gasteiger partial charge on any atom is 0.337 e. The highest BCUT2D eigenvalue weighted by atomic mass is 35.5. The molecule has 1 aromatic heterocycles. The van der Waals surface area contributed by atoms with Gasteiger partial charge < -0.3 is 15.0 Å². The van der Waals surface area contributed by atoms with E-state index in [0.717, 1.165) is 25.9 Å². The number of methoxy groups -OCH3 is 1. The number of benzene rings is 1. The molecular weight excluding hydrogens is 354 g/mol. The number of piperidine rings is 1. The number of hydrogen-bond donors (Lipinski definition) is 1. The van der Waals surface area contributed by atoms with Gasteiger partial charge in [-0.1, -0.05) is 11.6 Å². The van der Waals surface area contributed by atoms with Crippen LogP contribution in [0.25, 0.3) is 0 Å². The molecule has 0 unspecified atom stereocenters. The molecule has 0 atom stereocenters. The summed E-state index contributed by atoms with van der Waals surface area (Å²) < 4.78 is 4.73. The lowest BCUT2D eigenvalue weighted by molar-refractivity contribution is 0.0600. The van der Waals surface area contributed by atoms with Gasteiger partial charge in [0, 0.05) is 19.3 Å². The molecule has 1 aliphatic rings. The first-order valence-corrected chi connectivity index (χ1v) is 8.85. The van der Waals surface area contributed by atoms with Crippen LogP contribution >= 0.6 is 11.6 Å². The molecule has 0 bridgehead atoms. The Bertz CT molecular complexity index is 819. The molecule has 3 rings (SSSR count). The molecule has 1 N–H and O–H groups in total. The molecule has 1 amide bonds. The Hall–Kier alpha value is -2.60. The number of ether oxygens (including phenoxy) is 1. The predicted octanol–water partition coefficient (Wildman–Crippen LogP) is 3.89. The monoisotopic (exact) mass is 373 g/mol. The number of amides is 1. The summed E-state index contributed by atoms with van der Waals surface area (Å²) in [6.07, 6.45) is 6.40. The molecular formula is C19H20ClN3O3. The largest absolute Gasteiger partial charge is 0.465 e. The van der Waals surface area contributed by atoms with Gasteiger partial charge in [0.2, 0.25) is 0 Å². The number of rotatable bonds is 4. The van der Waals surface area contributed by atoms with Gasteiger partial charge in [-0.2, -0.15) is 0 Å². The molecule has 0 radical (unpaired) electrons. The zero-order chi connectivity index (χ0) is 18.5. The first kappa shape index (κ1) is 18.2. The van der Waals surface area contributed by atoms with E-state index in [0.29, 0.717) is 27.5 Å². The van der Waals surface area contributed by atoms with Gasteiger partial charge >= 0.3 is 5.97 Å². The van der Waals surface area contributed by atoms with Crippen LogP contribution in [0.4, 0.5) is 11.4 Å². The van der Waals surface area contributed by atoms with Gasteiger partial charge in [0.25, 0.3) is 5.91 Å². The second-order valence-corrected chi connectivity index (χ2v) is 6.53. The van der Waals surface area contributed by atoms with Gasteiger partial charge in [0.15, 0.2) is 0 Å². The number of carbonyl (C=O) groups is 2. The van der Waals surface area contributed by atoms with Gasteiger partial charge in [-0.3, -0.25) is 9.78 Å². The van der Waals surface area contributed by atoms with Gasteiger partial charge in [0.05, 0.1) is 40.8 Å². The van der Waals surface area contributed by atoms with Crippen LogP contribution in [-0.2, 0) is 4.74 Å². The summed E-state index contributed by atoms with van der Waals surface area (Å²) in [5.74, 6) is -0.466. The first-order chi connectivity index (χ1) is 12.6. The first-order valence-electron chi connectivity index (χ1n) is 8.47. The summed E-state index contributed by atoms with van der Waals surface area (Å²) in [6.45, 7) is 1.56. The van der Waals surface area contributed by atoms with Crippen LogP contribution in [-0.4, -0.2) is 42.0 Å². The summed E-state index contributed by atoms with van der Waals surface area (Å²) >= 11 is 6.21. The second kappa shape index (κ2) is 8.19. The highest BCUT2D eigenvalue weighted by molar-refractivity contribution is 6.33. The number of nitrogens with one attached hydrogen (secondary N) is 1. The minimum Gasteiger partial charge on any atom is -0.465 e. The average molecular weight is 374 g/mol. The lowest BCUT2D eigenvalue weighted by Crippen LogP contribution is -2.35. The summed E-state index contributed by atoms with van der Waals surface area (Å²) in [5.41, 5.74) is 2.07. The van der Waals surface area contributed by atoms with Gasteiger partial charge in [0.1, 0.15) is 0 Å². The molecule has 1 fully saturated rings. The van der Waals surface area contributed by atoms with Gasteiger partial charge in [-0.15, -0.1) is 0 Å². The van der Waals surface area contributed by atoms with Crippen molar-refractivity contribution < 1.29 is 14.3 Å². The molecule has 136 valence electrons. The van der Waals surface area contributed by atoms with Crippen molar-refractivity contribution in [3.05, 3.63) is 52.8 Å². The number of esters is 1. The molecule has 0 aliphatic carbocycles. The lowest BCUT2D eigenvalue weighted by atomic mass is 10.1.